The number of alkyl halides is 1. The van der Waals surface area contributed by atoms with Crippen LogP contribution in [0.25, 0.3) is 22.4 Å². The van der Waals surface area contributed by atoms with Crippen molar-refractivity contribution in [3.05, 3.63) is 36.5 Å². The highest BCUT2D eigenvalue weighted by Crippen LogP contribution is 2.34. The normalized spacial score (nSPS) is 22.3. The Morgan fingerprint density at radius 1 is 1.13 bits per heavy atom. The minimum Gasteiger partial charge on any atom is -0.507 e. The fourth-order valence-electron chi connectivity index (χ4n) is 4.29. The van der Waals surface area contributed by atoms with Gasteiger partial charge in [0.25, 0.3) is 0 Å². The summed E-state index contributed by atoms with van der Waals surface area (Å²) in [4.78, 5) is 4.25. The maximum absolute atomic E-state index is 15.0. The average molecular weight is 429 g/mol. The third-order valence-electron chi connectivity index (χ3n) is 5.49. The molecule has 0 saturated carbocycles. The number of nitrogens with zero attached hydrogens (tertiary/aromatic N) is 4. The Hall–Kier alpha value is -3.14. The molecule has 0 spiro atoms. The minimum absolute atomic E-state index is 0.0967. The van der Waals surface area contributed by atoms with E-state index in [0.717, 1.165) is 0 Å². The first-order chi connectivity index (χ1) is 14.6. The number of piperidine rings is 1. The summed E-state index contributed by atoms with van der Waals surface area (Å²) in [7, 11) is 0. The van der Waals surface area contributed by atoms with Crippen LogP contribution in [0.2, 0.25) is 0 Å². The van der Waals surface area contributed by atoms with E-state index in [2.05, 4.69) is 36.0 Å². The molecule has 3 heterocycles. The second-order valence-electron chi connectivity index (χ2n) is 9.08. The Bertz CT molecular complexity index is 1080. The molecule has 1 aliphatic rings. The molecule has 0 radical (unpaired) electrons. The van der Waals surface area contributed by atoms with Gasteiger partial charge in [-0.15, -0.1) is 10.2 Å². The van der Waals surface area contributed by atoms with Crippen LogP contribution in [0.1, 0.15) is 34.1 Å². The van der Waals surface area contributed by atoms with Crippen LogP contribution in [0.3, 0.4) is 0 Å². The van der Waals surface area contributed by atoms with Crippen LogP contribution in [0.4, 0.5) is 14.7 Å². The lowest BCUT2D eigenvalue weighted by Crippen LogP contribution is -2.67. The van der Waals surface area contributed by atoms with Crippen LogP contribution in [0.15, 0.2) is 30.6 Å². The molecule has 1 aliphatic heterocycles. The number of anilines is 1. The van der Waals surface area contributed by atoms with Gasteiger partial charge in [0.05, 0.1) is 24.0 Å². The predicted molar refractivity (Wildman–Crippen MR) is 113 cm³/mol. The smallest absolute Gasteiger partial charge is 0.243 e. The van der Waals surface area contributed by atoms with E-state index in [-0.39, 0.29) is 22.8 Å². The number of aromatic amines is 1. The second kappa shape index (κ2) is 7.52. The average Bonchev–Trinajstić information content (AvgIpc) is 3.11. The van der Waals surface area contributed by atoms with Crippen LogP contribution in [0.5, 0.6) is 5.75 Å². The molecule has 2 atom stereocenters. The molecule has 8 nitrogen and oxygen atoms in total. The molecule has 1 saturated heterocycles. The largest absolute Gasteiger partial charge is 0.507 e. The van der Waals surface area contributed by atoms with E-state index < -0.39 is 23.7 Å². The van der Waals surface area contributed by atoms with Crippen molar-refractivity contribution < 1.29 is 13.9 Å². The van der Waals surface area contributed by atoms with Crippen molar-refractivity contribution in [1.82, 2.24) is 30.7 Å². The van der Waals surface area contributed by atoms with Gasteiger partial charge in [0.15, 0.2) is 0 Å². The number of phenolic OH excluding ortho intramolecular Hbond substituents is 1. The van der Waals surface area contributed by atoms with E-state index in [1.165, 1.54) is 18.5 Å². The second-order valence-corrected chi connectivity index (χ2v) is 9.08. The van der Waals surface area contributed by atoms with Crippen molar-refractivity contribution in [2.45, 2.75) is 57.4 Å². The maximum atomic E-state index is 15.0. The van der Waals surface area contributed by atoms with Crippen molar-refractivity contribution in [2.24, 2.45) is 0 Å². The third-order valence-corrected chi connectivity index (χ3v) is 5.49. The Morgan fingerprint density at radius 3 is 2.52 bits per heavy atom. The first-order valence-electron chi connectivity index (χ1n) is 9.98. The van der Waals surface area contributed by atoms with Crippen LogP contribution in [0, 0.1) is 5.95 Å². The number of hydrogen-bond acceptors (Lipinski definition) is 7. The van der Waals surface area contributed by atoms with Crippen molar-refractivity contribution >= 4 is 5.95 Å². The number of rotatable bonds is 4. The summed E-state index contributed by atoms with van der Waals surface area (Å²) in [6, 6.07) is 4.19. The van der Waals surface area contributed by atoms with E-state index in [0.29, 0.717) is 23.2 Å². The summed E-state index contributed by atoms with van der Waals surface area (Å²) in [6.07, 6.45) is 2.19. The molecule has 0 aliphatic carbocycles. The Labute approximate surface area is 178 Å². The van der Waals surface area contributed by atoms with E-state index >= 15 is 0 Å². The molecule has 0 amide bonds. The standard InChI is InChI=1S/C21H25F2N7O/c1-20(2)8-14(17(22)21(3,4)30-20)26-19-24-10-15(27-29-19)12-6-5-11(7-16(12)31)13-9-25-28-18(13)23/h5-7,9-10,14,17,30-31H,8H2,1-4H3,(H,25,28)(H,24,26,29)/t14-,17-/m1/s1. The quantitative estimate of drug-likeness (QED) is 0.503. The molecule has 164 valence electrons. The maximum Gasteiger partial charge on any atom is 0.243 e. The first kappa shape index (κ1) is 21.1. The van der Waals surface area contributed by atoms with Crippen LogP contribution in [-0.4, -0.2) is 53.8 Å². The highest BCUT2D eigenvalue weighted by molar-refractivity contribution is 5.73. The first-order valence-corrected chi connectivity index (χ1v) is 9.98. The minimum atomic E-state index is -1.15. The van der Waals surface area contributed by atoms with E-state index in [1.807, 2.05) is 27.7 Å². The lowest BCUT2D eigenvalue weighted by molar-refractivity contribution is 0.0654. The number of H-pyrrole nitrogens is 1. The molecule has 10 heteroatoms. The summed E-state index contributed by atoms with van der Waals surface area (Å²) in [5, 5.41) is 30.8. The highest BCUT2D eigenvalue weighted by atomic mass is 19.1. The van der Waals surface area contributed by atoms with Crippen LogP contribution in [-0.2, 0) is 0 Å². The van der Waals surface area contributed by atoms with Crippen molar-refractivity contribution in [3.8, 4) is 28.1 Å². The van der Waals surface area contributed by atoms with Gasteiger partial charge < -0.3 is 15.7 Å². The Balaban J connectivity index is 1.53. The predicted octanol–water partition coefficient (Wildman–Crippen LogP) is 3.44. The fourth-order valence-corrected chi connectivity index (χ4v) is 4.29. The topological polar surface area (TPSA) is 112 Å². The van der Waals surface area contributed by atoms with Crippen molar-refractivity contribution in [1.29, 1.82) is 0 Å². The molecule has 0 bridgehead atoms. The summed E-state index contributed by atoms with van der Waals surface area (Å²) >= 11 is 0. The van der Waals surface area contributed by atoms with Gasteiger partial charge >= 0.3 is 0 Å². The van der Waals surface area contributed by atoms with E-state index in [9.17, 15) is 13.9 Å². The lowest BCUT2D eigenvalue weighted by atomic mass is 9.78. The lowest BCUT2D eigenvalue weighted by Gasteiger charge is -2.48. The van der Waals surface area contributed by atoms with E-state index in [1.54, 1.807) is 12.1 Å². The molecule has 4 rings (SSSR count). The SMILES string of the molecule is CC1(C)C[C@@H](Nc2ncc(-c3ccc(-c4cn[nH]c4F)cc3O)nn2)[C@@H](F)C(C)(C)N1. The fraction of sp³-hybridized carbons (Fsp3) is 0.429. The molecule has 4 N–H and O–H groups in total. The molecule has 31 heavy (non-hydrogen) atoms. The molecule has 2 aromatic heterocycles. The summed E-state index contributed by atoms with van der Waals surface area (Å²) < 4.78 is 28.6. The Kier molecular flexibility index (Phi) is 5.12. The van der Waals surface area contributed by atoms with Gasteiger partial charge in [-0.05, 0) is 51.8 Å². The monoisotopic (exact) mass is 429 g/mol. The molecule has 0 unspecified atom stereocenters. The third kappa shape index (κ3) is 4.20. The van der Waals surface area contributed by atoms with Gasteiger partial charge in [-0.2, -0.15) is 9.49 Å². The van der Waals surface area contributed by atoms with Gasteiger partial charge in [0.2, 0.25) is 11.9 Å². The van der Waals surface area contributed by atoms with Gasteiger partial charge in [-0.25, -0.2) is 9.37 Å². The number of hydrogen-bond donors (Lipinski definition) is 4. The Morgan fingerprint density at radius 2 is 1.90 bits per heavy atom. The van der Waals surface area contributed by atoms with Crippen molar-refractivity contribution in [2.75, 3.05) is 5.32 Å². The zero-order valence-corrected chi connectivity index (χ0v) is 17.7. The van der Waals surface area contributed by atoms with E-state index in [4.69, 9.17) is 0 Å². The zero-order valence-electron chi connectivity index (χ0n) is 17.7. The molecular weight excluding hydrogens is 404 g/mol. The number of phenols is 1. The van der Waals surface area contributed by atoms with Crippen LogP contribution < -0.4 is 10.6 Å². The molecule has 3 aromatic rings. The number of halogens is 2. The number of aromatic nitrogens is 5. The number of benzene rings is 1. The molecule has 1 fully saturated rings. The molecule has 1 aromatic carbocycles. The van der Waals surface area contributed by atoms with Gasteiger partial charge in [0, 0.05) is 16.6 Å². The summed E-state index contributed by atoms with van der Waals surface area (Å²) in [5.74, 6) is -0.471. The highest BCUT2D eigenvalue weighted by Gasteiger charge is 2.46. The number of nitrogens with one attached hydrogen (secondary N) is 3. The molecular formula is C21H25F2N7O. The van der Waals surface area contributed by atoms with Crippen LogP contribution >= 0.6 is 0 Å². The summed E-state index contributed by atoms with van der Waals surface area (Å²) in [6.45, 7) is 7.72. The summed E-state index contributed by atoms with van der Waals surface area (Å²) in [5.41, 5.74) is 0.501. The van der Waals surface area contributed by atoms with Gasteiger partial charge in [-0.1, -0.05) is 6.07 Å². The number of aromatic hydroxyl groups is 1. The van der Waals surface area contributed by atoms with Crippen molar-refractivity contribution in [3.63, 3.8) is 0 Å². The van der Waals surface area contributed by atoms with Gasteiger partial charge in [0.1, 0.15) is 17.6 Å². The van der Waals surface area contributed by atoms with Gasteiger partial charge in [-0.3, -0.25) is 5.10 Å². The zero-order chi connectivity index (χ0) is 22.4.